The minimum atomic E-state index is -0.205. The van der Waals surface area contributed by atoms with Crippen molar-refractivity contribution >= 4 is 18.3 Å². The van der Waals surface area contributed by atoms with Crippen LogP contribution < -0.4 is 15.4 Å². The Morgan fingerprint density at radius 3 is 2.84 bits per heavy atom. The summed E-state index contributed by atoms with van der Waals surface area (Å²) in [6.07, 6.45) is 3.76. The predicted octanol–water partition coefficient (Wildman–Crippen LogP) is 1.87. The molecule has 8 heteroatoms. The number of piperidine rings is 1. The minimum Gasteiger partial charge on any atom is -0.496 e. The van der Waals surface area contributed by atoms with Gasteiger partial charge in [-0.05, 0) is 50.0 Å². The molecule has 0 saturated carbocycles. The Hall–Kier alpha value is -2.12. The van der Waals surface area contributed by atoms with Crippen LogP contribution in [0.25, 0.3) is 0 Å². The summed E-state index contributed by atoms with van der Waals surface area (Å²) in [5.41, 5.74) is 2.42. The molecule has 136 valence electrons. The van der Waals surface area contributed by atoms with Crippen molar-refractivity contribution in [1.29, 1.82) is 0 Å². The van der Waals surface area contributed by atoms with Crippen molar-refractivity contribution in [2.24, 2.45) is 0 Å². The standard InChI is InChI=1S/C17H23N5O2.ClH/c1-12-9-13(3-4-16(12)24-2)10-19-17(23)15-11-22(21-20-15)14-5-7-18-8-6-14;/h3-4,9,11,14,18H,5-8,10H2,1-2H3,(H,19,23);1H. The Labute approximate surface area is 153 Å². The van der Waals surface area contributed by atoms with Crippen molar-refractivity contribution in [3.8, 4) is 5.75 Å². The number of aromatic nitrogens is 3. The fraction of sp³-hybridized carbons (Fsp3) is 0.471. The highest BCUT2D eigenvalue weighted by atomic mass is 35.5. The van der Waals surface area contributed by atoms with Crippen LogP contribution in [0.1, 0.15) is 40.5 Å². The topological polar surface area (TPSA) is 81.1 Å². The van der Waals surface area contributed by atoms with Crippen LogP contribution in [0.5, 0.6) is 5.75 Å². The van der Waals surface area contributed by atoms with Crippen LogP contribution in [0.15, 0.2) is 24.4 Å². The van der Waals surface area contributed by atoms with Crippen molar-refractivity contribution in [3.05, 3.63) is 41.2 Å². The third-order valence-corrected chi connectivity index (χ3v) is 4.34. The third-order valence-electron chi connectivity index (χ3n) is 4.34. The Balaban J connectivity index is 0.00000225. The monoisotopic (exact) mass is 365 g/mol. The summed E-state index contributed by atoms with van der Waals surface area (Å²) in [5.74, 6) is 0.638. The summed E-state index contributed by atoms with van der Waals surface area (Å²) < 4.78 is 7.06. The summed E-state index contributed by atoms with van der Waals surface area (Å²) in [7, 11) is 1.65. The molecular formula is C17H24ClN5O2. The Kier molecular flexibility index (Phi) is 6.78. The van der Waals surface area contributed by atoms with Gasteiger partial charge in [0.25, 0.3) is 5.91 Å². The van der Waals surface area contributed by atoms with Gasteiger partial charge in [0.2, 0.25) is 0 Å². The number of ether oxygens (including phenoxy) is 1. The quantitative estimate of drug-likeness (QED) is 0.845. The summed E-state index contributed by atoms with van der Waals surface area (Å²) in [4.78, 5) is 12.3. The second-order valence-electron chi connectivity index (χ2n) is 6.05. The summed E-state index contributed by atoms with van der Waals surface area (Å²) in [6.45, 7) is 4.38. The molecule has 0 unspecified atom stereocenters. The molecule has 2 aromatic rings. The van der Waals surface area contributed by atoms with Gasteiger partial charge in [-0.15, -0.1) is 17.5 Å². The number of rotatable bonds is 5. The van der Waals surface area contributed by atoms with Gasteiger partial charge in [0.05, 0.1) is 19.3 Å². The number of amides is 1. The fourth-order valence-electron chi connectivity index (χ4n) is 2.95. The lowest BCUT2D eigenvalue weighted by Crippen LogP contribution is -2.29. The Bertz CT molecular complexity index is 713. The number of nitrogens with zero attached hydrogens (tertiary/aromatic N) is 3. The highest BCUT2D eigenvalue weighted by Crippen LogP contribution is 2.19. The Morgan fingerprint density at radius 1 is 1.40 bits per heavy atom. The zero-order valence-electron chi connectivity index (χ0n) is 14.5. The number of carbonyl (C=O) groups is 1. The zero-order valence-corrected chi connectivity index (χ0v) is 15.3. The Morgan fingerprint density at radius 2 is 2.16 bits per heavy atom. The molecular weight excluding hydrogens is 342 g/mol. The largest absolute Gasteiger partial charge is 0.496 e. The van der Waals surface area contributed by atoms with Crippen molar-refractivity contribution in [2.45, 2.75) is 32.4 Å². The molecule has 7 nitrogen and oxygen atoms in total. The van der Waals surface area contributed by atoms with E-state index >= 15 is 0 Å². The third kappa shape index (κ3) is 4.70. The molecule has 1 amide bonds. The van der Waals surface area contributed by atoms with E-state index in [1.807, 2.05) is 29.8 Å². The van der Waals surface area contributed by atoms with Crippen molar-refractivity contribution < 1.29 is 9.53 Å². The summed E-state index contributed by atoms with van der Waals surface area (Å²) in [6, 6.07) is 6.18. The zero-order chi connectivity index (χ0) is 16.9. The van der Waals surface area contributed by atoms with E-state index in [0.29, 0.717) is 18.3 Å². The van der Waals surface area contributed by atoms with E-state index in [4.69, 9.17) is 4.74 Å². The molecule has 1 aromatic heterocycles. The lowest BCUT2D eigenvalue weighted by Gasteiger charge is -2.22. The van der Waals surface area contributed by atoms with Gasteiger partial charge < -0.3 is 15.4 Å². The first-order chi connectivity index (χ1) is 11.7. The van der Waals surface area contributed by atoms with Gasteiger partial charge in [-0.3, -0.25) is 4.79 Å². The average molecular weight is 366 g/mol. The molecule has 0 spiro atoms. The first-order valence-corrected chi connectivity index (χ1v) is 8.21. The van der Waals surface area contributed by atoms with E-state index in [9.17, 15) is 4.79 Å². The molecule has 1 fully saturated rings. The molecule has 25 heavy (non-hydrogen) atoms. The van der Waals surface area contributed by atoms with Crippen LogP contribution in [0, 0.1) is 6.92 Å². The second kappa shape index (κ2) is 8.82. The molecule has 1 saturated heterocycles. The van der Waals surface area contributed by atoms with E-state index in [-0.39, 0.29) is 18.3 Å². The van der Waals surface area contributed by atoms with Crippen molar-refractivity contribution in [1.82, 2.24) is 25.6 Å². The number of hydrogen-bond donors (Lipinski definition) is 2. The van der Waals surface area contributed by atoms with Crippen LogP contribution in [0.4, 0.5) is 0 Å². The van der Waals surface area contributed by atoms with Crippen molar-refractivity contribution in [2.75, 3.05) is 20.2 Å². The van der Waals surface area contributed by atoms with Gasteiger partial charge in [-0.1, -0.05) is 17.3 Å². The molecule has 2 N–H and O–H groups in total. The molecule has 0 aliphatic carbocycles. The average Bonchev–Trinajstić information content (AvgIpc) is 3.11. The lowest BCUT2D eigenvalue weighted by atomic mass is 10.1. The van der Waals surface area contributed by atoms with Crippen LogP contribution in [0.2, 0.25) is 0 Å². The van der Waals surface area contributed by atoms with Crippen LogP contribution >= 0.6 is 12.4 Å². The SMILES string of the molecule is COc1ccc(CNC(=O)c2cn(C3CCNCC3)nn2)cc1C.Cl. The molecule has 0 radical (unpaired) electrons. The van der Waals surface area contributed by atoms with Gasteiger partial charge in [0.1, 0.15) is 5.75 Å². The maximum atomic E-state index is 12.3. The smallest absolute Gasteiger partial charge is 0.273 e. The number of benzene rings is 1. The van der Waals surface area contributed by atoms with Crippen LogP contribution in [0.3, 0.4) is 0 Å². The van der Waals surface area contributed by atoms with E-state index in [1.54, 1.807) is 13.3 Å². The number of hydrogen-bond acceptors (Lipinski definition) is 5. The maximum Gasteiger partial charge on any atom is 0.273 e. The fourth-order valence-corrected chi connectivity index (χ4v) is 2.95. The van der Waals surface area contributed by atoms with E-state index in [0.717, 1.165) is 42.8 Å². The number of aryl methyl sites for hydroxylation is 1. The van der Waals surface area contributed by atoms with E-state index in [1.165, 1.54) is 0 Å². The minimum absolute atomic E-state index is 0. The first kappa shape index (κ1) is 19.2. The number of carbonyl (C=O) groups excluding carboxylic acids is 1. The normalized spacial score (nSPS) is 14.6. The molecule has 2 heterocycles. The highest BCUT2D eigenvalue weighted by Gasteiger charge is 2.18. The molecule has 3 rings (SSSR count). The van der Waals surface area contributed by atoms with E-state index in [2.05, 4.69) is 20.9 Å². The molecule has 1 aliphatic heterocycles. The molecule has 0 bridgehead atoms. The number of methoxy groups -OCH3 is 1. The van der Waals surface area contributed by atoms with E-state index < -0.39 is 0 Å². The highest BCUT2D eigenvalue weighted by molar-refractivity contribution is 5.91. The number of nitrogens with one attached hydrogen (secondary N) is 2. The second-order valence-corrected chi connectivity index (χ2v) is 6.05. The molecule has 1 aliphatic rings. The number of halogens is 1. The van der Waals surface area contributed by atoms with Gasteiger partial charge in [-0.2, -0.15) is 0 Å². The van der Waals surface area contributed by atoms with Gasteiger partial charge >= 0.3 is 0 Å². The summed E-state index contributed by atoms with van der Waals surface area (Å²) >= 11 is 0. The van der Waals surface area contributed by atoms with Crippen LogP contribution in [-0.2, 0) is 6.54 Å². The van der Waals surface area contributed by atoms with Gasteiger partial charge in [0.15, 0.2) is 5.69 Å². The maximum absolute atomic E-state index is 12.3. The lowest BCUT2D eigenvalue weighted by molar-refractivity contribution is 0.0946. The van der Waals surface area contributed by atoms with Crippen LogP contribution in [-0.4, -0.2) is 41.1 Å². The molecule has 1 aromatic carbocycles. The van der Waals surface area contributed by atoms with Gasteiger partial charge in [0, 0.05) is 6.54 Å². The predicted molar refractivity (Wildman–Crippen MR) is 97.3 cm³/mol. The first-order valence-electron chi connectivity index (χ1n) is 8.21. The van der Waals surface area contributed by atoms with Crippen molar-refractivity contribution in [3.63, 3.8) is 0 Å². The van der Waals surface area contributed by atoms with Gasteiger partial charge in [-0.25, -0.2) is 4.68 Å². The summed E-state index contributed by atoms with van der Waals surface area (Å²) in [5, 5.41) is 14.3. The molecule has 0 atom stereocenters.